The van der Waals surface area contributed by atoms with E-state index >= 15 is 0 Å². The summed E-state index contributed by atoms with van der Waals surface area (Å²) in [6.45, 7) is 8.70. The highest BCUT2D eigenvalue weighted by molar-refractivity contribution is 5.76. The van der Waals surface area contributed by atoms with E-state index < -0.39 is 0 Å². The van der Waals surface area contributed by atoms with Gasteiger partial charge in [-0.25, -0.2) is 0 Å². The third-order valence-electron chi connectivity index (χ3n) is 3.58. The SMILES string of the molecule is CCCCC(=O)N1CCC(C(C)C)CC1. The molecule has 1 amide bonds. The fraction of sp³-hybridized carbons (Fsp3) is 0.923. The Labute approximate surface area is 94.0 Å². The first-order valence-corrected chi connectivity index (χ1v) is 6.43. The Hall–Kier alpha value is -0.530. The van der Waals surface area contributed by atoms with Gasteiger partial charge in [0.05, 0.1) is 0 Å². The molecule has 0 aromatic carbocycles. The van der Waals surface area contributed by atoms with Crippen LogP contribution in [-0.4, -0.2) is 23.9 Å². The maximum Gasteiger partial charge on any atom is 0.222 e. The summed E-state index contributed by atoms with van der Waals surface area (Å²) in [7, 11) is 0. The number of carbonyl (C=O) groups excluding carboxylic acids is 1. The maximum atomic E-state index is 11.8. The van der Waals surface area contributed by atoms with Crippen LogP contribution in [0.3, 0.4) is 0 Å². The van der Waals surface area contributed by atoms with E-state index in [1.54, 1.807) is 0 Å². The van der Waals surface area contributed by atoms with Crippen LogP contribution < -0.4 is 0 Å². The average Bonchev–Trinajstić information content (AvgIpc) is 2.26. The molecule has 2 nitrogen and oxygen atoms in total. The van der Waals surface area contributed by atoms with E-state index in [1.807, 2.05) is 0 Å². The molecule has 0 saturated carbocycles. The zero-order valence-corrected chi connectivity index (χ0v) is 10.5. The van der Waals surface area contributed by atoms with E-state index in [4.69, 9.17) is 0 Å². The molecular formula is C13H25NO. The molecule has 0 N–H and O–H groups in total. The summed E-state index contributed by atoms with van der Waals surface area (Å²) in [5.74, 6) is 1.98. The number of hydrogen-bond acceptors (Lipinski definition) is 1. The Morgan fingerprint density at radius 3 is 2.40 bits per heavy atom. The van der Waals surface area contributed by atoms with Crippen molar-refractivity contribution in [2.75, 3.05) is 13.1 Å². The summed E-state index contributed by atoms with van der Waals surface area (Å²) >= 11 is 0. The number of unbranched alkanes of at least 4 members (excludes halogenated alkanes) is 1. The predicted octanol–water partition coefficient (Wildman–Crippen LogP) is 3.07. The van der Waals surface area contributed by atoms with Crippen molar-refractivity contribution < 1.29 is 4.79 Å². The van der Waals surface area contributed by atoms with E-state index in [9.17, 15) is 4.79 Å². The van der Waals surface area contributed by atoms with Gasteiger partial charge in [-0.3, -0.25) is 4.79 Å². The van der Waals surface area contributed by atoms with Crippen LogP contribution >= 0.6 is 0 Å². The number of rotatable bonds is 4. The van der Waals surface area contributed by atoms with Crippen LogP contribution in [0.25, 0.3) is 0 Å². The van der Waals surface area contributed by atoms with Crippen molar-refractivity contribution in [3.8, 4) is 0 Å². The van der Waals surface area contributed by atoms with E-state index in [0.717, 1.165) is 44.2 Å². The minimum atomic E-state index is 0.374. The summed E-state index contributed by atoms with van der Waals surface area (Å²) in [4.78, 5) is 13.8. The van der Waals surface area contributed by atoms with Crippen molar-refractivity contribution in [3.05, 3.63) is 0 Å². The number of carbonyl (C=O) groups is 1. The molecule has 0 spiro atoms. The Morgan fingerprint density at radius 1 is 1.33 bits per heavy atom. The van der Waals surface area contributed by atoms with Gasteiger partial charge in [0.2, 0.25) is 5.91 Å². The minimum absolute atomic E-state index is 0.374. The number of nitrogens with zero attached hydrogens (tertiary/aromatic N) is 1. The quantitative estimate of drug-likeness (QED) is 0.700. The molecule has 0 aromatic heterocycles. The van der Waals surface area contributed by atoms with Crippen LogP contribution in [0, 0.1) is 11.8 Å². The summed E-state index contributed by atoms with van der Waals surface area (Å²) in [5, 5.41) is 0. The lowest BCUT2D eigenvalue weighted by atomic mass is 9.86. The molecule has 1 heterocycles. The summed E-state index contributed by atoms with van der Waals surface area (Å²) < 4.78 is 0. The highest BCUT2D eigenvalue weighted by atomic mass is 16.2. The van der Waals surface area contributed by atoms with Crippen molar-refractivity contribution >= 4 is 5.91 Å². The Morgan fingerprint density at radius 2 is 1.93 bits per heavy atom. The van der Waals surface area contributed by atoms with E-state index in [1.165, 1.54) is 12.8 Å². The number of amides is 1. The smallest absolute Gasteiger partial charge is 0.222 e. The number of piperidine rings is 1. The van der Waals surface area contributed by atoms with Crippen LogP contribution in [0.2, 0.25) is 0 Å². The van der Waals surface area contributed by atoms with Gasteiger partial charge in [-0.05, 0) is 31.1 Å². The second-order valence-corrected chi connectivity index (χ2v) is 5.07. The minimum Gasteiger partial charge on any atom is -0.343 e. The molecule has 1 aliphatic rings. The largest absolute Gasteiger partial charge is 0.343 e. The molecule has 1 rings (SSSR count). The van der Waals surface area contributed by atoms with Gasteiger partial charge in [-0.1, -0.05) is 27.2 Å². The summed E-state index contributed by atoms with van der Waals surface area (Å²) in [5.41, 5.74) is 0. The Bertz CT molecular complexity index is 193. The first-order valence-electron chi connectivity index (χ1n) is 6.43. The van der Waals surface area contributed by atoms with Crippen LogP contribution in [-0.2, 0) is 4.79 Å². The fourth-order valence-electron chi connectivity index (χ4n) is 2.30. The van der Waals surface area contributed by atoms with Gasteiger partial charge in [0.15, 0.2) is 0 Å². The van der Waals surface area contributed by atoms with Crippen LogP contribution in [0.4, 0.5) is 0 Å². The van der Waals surface area contributed by atoms with E-state index in [-0.39, 0.29) is 0 Å². The highest BCUT2D eigenvalue weighted by Gasteiger charge is 2.23. The molecule has 1 saturated heterocycles. The second-order valence-electron chi connectivity index (χ2n) is 5.07. The van der Waals surface area contributed by atoms with Gasteiger partial charge in [0.1, 0.15) is 0 Å². The van der Waals surface area contributed by atoms with Crippen molar-refractivity contribution in [1.82, 2.24) is 4.90 Å². The van der Waals surface area contributed by atoms with Crippen molar-refractivity contribution in [2.24, 2.45) is 11.8 Å². The van der Waals surface area contributed by atoms with Gasteiger partial charge in [0.25, 0.3) is 0 Å². The molecule has 15 heavy (non-hydrogen) atoms. The zero-order chi connectivity index (χ0) is 11.3. The van der Waals surface area contributed by atoms with Gasteiger partial charge in [-0.15, -0.1) is 0 Å². The highest BCUT2D eigenvalue weighted by Crippen LogP contribution is 2.24. The Balaban J connectivity index is 2.27. The first kappa shape index (κ1) is 12.5. The molecule has 0 atom stereocenters. The van der Waals surface area contributed by atoms with Gasteiger partial charge in [-0.2, -0.15) is 0 Å². The van der Waals surface area contributed by atoms with Crippen molar-refractivity contribution in [3.63, 3.8) is 0 Å². The van der Waals surface area contributed by atoms with E-state index in [2.05, 4.69) is 25.7 Å². The van der Waals surface area contributed by atoms with Crippen molar-refractivity contribution in [2.45, 2.75) is 52.9 Å². The first-order chi connectivity index (χ1) is 7.15. The molecular weight excluding hydrogens is 186 g/mol. The summed E-state index contributed by atoms with van der Waals surface area (Å²) in [6, 6.07) is 0. The van der Waals surface area contributed by atoms with Gasteiger partial charge < -0.3 is 4.90 Å². The predicted molar refractivity (Wildman–Crippen MR) is 63.7 cm³/mol. The molecule has 2 heteroatoms. The lowest BCUT2D eigenvalue weighted by Crippen LogP contribution is -2.39. The second kappa shape index (κ2) is 6.14. The standard InChI is InChI=1S/C13H25NO/c1-4-5-6-13(15)14-9-7-12(8-10-14)11(2)3/h11-12H,4-10H2,1-3H3. The molecule has 0 radical (unpaired) electrons. The van der Waals surface area contributed by atoms with Gasteiger partial charge >= 0.3 is 0 Å². The van der Waals surface area contributed by atoms with E-state index in [0.29, 0.717) is 5.91 Å². The van der Waals surface area contributed by atoms with Crippen molar-refractivity contribution in [1.29, 1.82) is 0 Å². The maximum absolute atomic E-state index is 11.8. The number of likely N-dealkylation sites (tertiary alicyclic amines) is 1. The van der Waals surface area contributed by atoms with Crippen LogP contribution in [0.15, 0.2) is 0 Å². The third kappa shape index (κ3) is 3.84. The lowest BCUT2D eigenvalue weighted by molar-refractivity contribution is -0.132. The summed E-state index contributed by atoms with van der Waals surface area (Å²) in [6.07, 6.45) is 5.32. The molecule has 1 fully saturated rings. The van der Waals surface area contributed by atoms with Gasteiger partial charge in [0, 0.05) is 19.5 Å². The third-order valence-corrected chi connectivity index (χ3v) is 3.58. The molecule has 88 valence electrons. The van der Waals surface area contributed by atoms with Crippen LogP contribution in [0.1, 0.15) is 52.9 Å². The monoisotopic (exact) mass is 211 g/mol. The molecule has 1 aliphatic heterocycles. The number of hydrogen-bond donors (Lipinski definition) is 0. The average molecular weight is 211 g/mol. The lowest BCUT2D eigenvalue weighted by Gasteiger charge is -2.34. The Kier molecular flexibility index (Phi) is 5.13. The topological polar surface area (TPSA) is 20.3 Å². The van der Waals surface area contributed by atoms with Crippen LogP contribution in [0.5, 0.6) is 0 Å². The fourth-order valence-corrected chi connectivity index (χ4v) is 2.30. The molecule has 0 aliphatic carbocycles. The molecule has 0 bridgehead atoms. The molecule has 0 unspecified atom stereocenters. The normalized spacial score (nSPS) is 18.5. The zero-order valence-electron chi connectivity index (χ0n) is 10.5. The molecule has 0 aromatic rings.